The first-order valence-electron chi connectivity index (χ1n) is 6.32. The molecule has 100 valence electrons. The minimum Gasteiger partial charge on any atom is -0.493 e. The summed E-state index contributed by atoms with van der Waals surface area (Å²) in [7, 11) is 0. The van der Waals surface area contributed by atoms with Crippen molar-refractivity contribution in [3.63, 3.8) is 0 Å². The van der Waals surface area contributed by atoms with Crippen molar-refractivity contribution >= 4 is 27.7 Å². The van der Waals surface area contributed by atoms with Crippen LogP contribution in [0.4, 0.5) is 0 Å². The number of aliphatic hydroxyl groups excluding tert-OH is 1. The van der Waals surface area contributed by atoms with E-state index in [9.17, 15) is 5.11 Å². The quantitative estimate of drug-likeness (QED) is 0.810. The van der Waals surface area contributed by atoms with Crippen LogP contribution in [-0.2, 0) is 12.8 Å². The van der Waals surface area contributed by atoms with Gasteiger partial charge in [-0.15, -0.1) is 0 Å². The van der Waals surface area contributed by atoms with Gasteiger partial charge < -0.3 is 9.84 Å². The number of fused-ring (bicyclic) bond motifs is 1. The Hall–Kier alpha value is -0.190. The van der Waals surface area contributed by atoms with Gasteiger partial charge in [0.1, 0.15) is 5.75 Å². The Morgan fingerprint density at radius 2 is 2.33 bits per heavy atom. The lowest BCUT2D eigenvalue weighted by atomic mass is 10.0. The third-order valence-electron chi connectivity index (χ3n) is 3.17. The van der Waals surface area contributed by atoms with Crippen molar-refractivity contribution in [3.05, 3.63) is 27.7 Å². The molecule has 0 saturated heterocycles. The summed E-state index contributed by atoms with van der Waals surface area (Å²) < 4.78 is 6.76. The van der Waals surface area contributed by atoms with E-state index in [1.165, 1.54) is 5.56 Å². The second kappa shape index (κ2) is 6.83. The maximum absolute atomic E-state index is 10.1. The largest absolute Gasteiger partial charge is 0.493 e. The van der Waals surface area contributed by atoms with Crippen LogP contribution in [0.3, 0.4) is 0 Å². The van der Waals surface area contributed by atoms with Crippen LogP contribution in [0.1, 0.15) is 24.0 Å². The molecule has 0 spiro atoms. The van der Waals surface area contributed by atoms with Gasteiger partial charge in [0.05, 0.1) is 12.7 Å². The molecule has 0 radical (unpaired) electrons. The van der Waals surface area contributed by atoms with E-state index in [-0.39, 0.29) is 6.10 Å². The number of halogens is 1. The van der Waals surface area contributed by atoms with E-state index in [1.54, 1.807) is 0 Å². The summed E-state index contributed by atoms with van der Waals surface area (Å²) in [4.78, 5) is 0. The van der Waals surface area contributed by atoms with Gasteiger partial charge in [0.15, 0.2) is 0 Å². The summed E-state index contributed by atoms with van der Waals surface area (Å²) in [5.41, 5.74) is 2.39. The Morgan fingerprint density at radius 3 is 3.11 bits per heavy atom. The number of hydrogen-bond acceptors (Lipinski definition) is 3. The number of hydrogen-bond donors (Lipinski definition) is 1. The Kier molecular flexibility index (Phi) is 5.39. The fourth-order valence-electron chi connectivity index (χ4n) is 2.32. The zero-order valence-electron chi connectivity index (χ0n) is 10.6. The van der Waals surface area contributed by atoms with Crippen LogP contribution in [0.25, 0.3) is 0 Å². The van der Waals surface area contributed by atoms with Gasteiger partial charge in [-0.1, -0.05) is 15.9 Å². The van der Waals surface area contributed by atoms with Crippen LogP contribution in [0.15, 0.2) is 16.6 Å². The van der Waals surface area contributed by atoms with E-state index in [2.05, 4.69) is 34.3 Å². The smallest absolute Gasteiger partial charge is 0.125 e. The van der Waals surface area contributed by atoms with Gasteiger partial charge in [-0.25, -0.2) is 0 Å². The predicted molar refractivity (Wildman–Crippen MR) is 80.7 cm³/mol. The highest BCUT2D eigenvalue weighted by atomic mass is 79.9. The molecule has 0 aromatic heterocycles. The molecule has 4 heteroatoms. The molecule has 1 atom stereocenters. The maximum Gasteiger partial charge on any atom is 0.125 e. The number of benzene rings is 1. The molecule has 2 nitrogen and oxygen atoms in total. The molecule has 0 aliphatic carbocycles. The summed E-state index contributed by atoms with van der Waals surface area (Å²) in [5, 5.41) is 10.1. The number of aliphatic hydroxyl groups is 1. The Bertz CT molecular complexity index is 409. The highest BCUT2D eigenvalue weighted by molar-refractivity contribution is 9.10. The van der Waals surface area contributed by atoms with E-state index in [0.29, 0.717) is 6.42 Å². The van der Waals surface area contributed by atoms with E-state index < -0.39 is 0 Å². The maximum atomic E-state index is 10.1. The molecule has 0 amide bonds. The summed E-state index contributed by atoms with van der Waals surface area (Å²) in [5.74, 6) is 2.12. The molecule has 1 aromatic rings. The first-order chi connectivity index (χ1) is 8.70. The summed E-state index contributed by atoms with van der Waals surface area (Å²) in [6.45, 7) is 0.765. The molecule has 1 N–H and O–H groups in total. The monoisotopic (exact) mass is 330 g/mol. The van der Waals surface area contributed by atoms with E-state index in [0.717, 1.165) is 47.4 Å². The molecule has 1 heterocycles. The van der Waals surface area contributed by atoms with Crippen molar-refractivity contribution in [2.24, 2.45) is 0 Å². The first kappa shape index (κ1) is 14.2. The zero-order chi connectivity index (χ0) is 13.0. The van der Waals surface area contributed by atoms with Crippen LogP contribution >= 0.6 is 27.7 Å². The van der Waals surface area contributed by atoms with Crippen molar-refractivity contribution in [1.29, 1.82) is 0 Å². The fourth-order valence-corrected chi connectivity index (χ4v) is 3.32. The molecule has 18 heavy (non-hydrogen) atoms. The molecule has 1 aliphatic heterocycles. The van der Waals surface area contributed by atoms with Crippen LogP contribution in [0, 0.1) is 0 Å². The average molecular weight is 331 g/mol. The third-order valence-corrected chi connectivity index (χ3v) is 4.32. The van der Waals surface area contributed by atoms with Gasteiger partial charge >= 0.3 is 0 Å². The van der Waals surface area contributed by atoms with Crippen LogP contribution in [-0.4, -0.2) is 29.8 Å². The lowest BCUT2D eigenvalue weighted by Crippen LogP contribution is -2.11. The van der Waals surface area contributed by atoms with E-state index in [4.69, 9.17) is 4.74 Å². The molecule has 0 bridgehead atoms. The van der Waals surface area contributed by atoms with E-state index in [1.807, 2.05) is 11.8 Å². The molecule has 1 aliphatic rings. The van der Waals surface area contributed by atoms with Gasteiger partial charge in [0.2, 0.25) is 0 Å². The van der Waals surface area contributed by atoms with Crippen molar-refractivity contribution in [2.45, 2.75) is 31.8 Å². The lowest BCUT2D eigenvalue weighted by Gasteiger charge is -2.13. The molecule has 0 fully saturated rings. The molecular weight excluding hydrogens is 312 g/mol. The van der Waals surface area contributed by atoms with E-state index >= 15 is 0 Å². The van der Waals surface area contributed by atoms with Crippen molar-refractivity contribution in [3.8, 4) is 5.75 Å². The standard InChI is InChI=1S/C14H19BrO2S/c1-18-6-2-3-13(16)9-11-8-12(15)7-10-4-5-17-14(10)11/h7-8,13,16H,2-6,9H2,1H3. The predicted octanol–water partition coefficient (Wildman–Crippen LogP) is 3.43. The average Bonchev–Trinajstić information content (AvgIpc) is 2.77. The minimum atomic E-state index is -0.264. The molecular formula is C14H19BrO2S. The Morgan fingerprint density at radius 1 is 1.50 bits per heavy atom. The van der Waals surface area contributed by atoms with Crippen LogP contribution in [0.5, 0.6) is 5.75 Å². The highest BCUT2D eigenvalue weighted by Gasteiger charge is 2.19. The summed E-state index contributed by atoms with van der Waals surface area (Å²) in [6.07, 6.45) is 5.43. The number of ether oxygens (including phenoxy) is 1. The minimum absolute atomic E-state index is 0.264. The van der Waals surface area contributed by atoms with Gasteiger partial charge in [-0.05, 0) is 48.1 Å². The lowest BCUT2D eigenvalue weighted by molar-refractivity contribution is 0.163. The number of rotatable bonds is 6. The Labute approximate surface area is 121 Å². The number of thioether (sulfide) groups is 1. The van der Waals surface area contributed by atoms with Crippen molar-refractivity contribution < 1.29 is 9.84 Å². The zero-order valence-corrected chi connectivity index (χ0v) is 13.0. The molecule has 2 rings (SSSR count). The van der Waals surface area contributed by atoms with Gasteiger partial charge in [0, 0.05) is 17.3 Å². The first-order valence-corrected chi connectivity index (χ1v) is 8.50. The second-order valence-electron chi connectivity index (χ2n) is 4.64. The van der Waals surface area contributed by atoms with Crippen molar-refractivity contribution in [1.82, 2.24) is 0 Å². The molecule has 1 unspecified atom stereocenters. The third kappa shape index (κ3) is 3.65. The van der Waals surface area contributed by atoms with Gasteiger partial charge in [-0.3, -0.25) is 0 Å². The fraction of sp³-hybridized carbons (Fsp3) is 0.571. The second-order valence-corrected chi connectivity index (χ2v) is 6.55. The molecule has 0 saturated carbocycles. The van der Waals surface area contributed by atoms with Gasteiger partial charge in [-0.2, -0.15) is 11.8 Å². The SMILES string of the molecule is CSCCCC(O)Cc1cc(Br)cc2c1OCC2. The summed E-state index contributed by atoms with van der Waals surface area (Å²) in [6, 6.07) is 4.19. The van der Waals surface area contributed by atoms with Crippen LogP contribution < -0.4 is 4.74 Å². The summed E-state index contributed by atoms with van der Waals surface area (Å²) >= 11 is 5.36. The van der Waals surface area contributed by atoms with Gasteiger partial charge in [0.25, 0.3) is 0 Å². The molecule has 1 aromatic carbocycles. The van der Waals surface area contributed by atoms with Crippen molar-refractivity contribution in [2.75, 3.05) is 18.6 Å². The van der Waals surface area contributed by atoms with Crippen LogP contribution in [0.2, 0.25) is 0 Å². The normalized spacial score (nSPS) is 15.3. The topological polar surface area (TPSA) is 29.5 Å². The Balaban J connectivity index is 2.00. The highest BCUT2D eigenvalue weighted by Crippen LogP contribution is 2.34.